The van der Waals surface area contributed by atoms with Gasteiger partial charge in [-0.05, 0) is 74.5 Å². The van der Waals surface area contributed by atoms with E-state index in [-0.39, 0.29) is 0 Å². The van der Waals surface area contributed by atoms with Crippen molar-refractivity contribution in [3.05, 3.63) is 107 Å². The fourth-order valence-corrected chi connectivity index (χ4v) is 4.63. The van der Waals surface area contributed by atoms with Gasteiger partial charge >= 0.3 is 0 Å². The van der Waals surface area contributed by atoms with Gasteiger partial charge < -0.3 is 0 Å². The quantitative estimate of drug-likeness (QED) is 0.323. The number of hydrogen-bond acceptors (Lipinski definition) is 0. The summed E-state index contributed by atoms with van der Waals surface area (Å²) in [5.41, 5.74) is 14.0. The minimum Gasteiger partial charge on any atom is -0.0619 e. The van der Waals surface area contributed by atoms with E-state index in [1.54, 1.807) is 0 Å². The molecule has 4 aromatic carbocycles. The molecule has 0 saturated carbocycles. The first-order valence-electron chi connectivity index (χ1n) is 9.29. The molecule has 122 valence electrons. The van der Waals surface area contributed by atoms with E-state index in [0.29, 0.717) is 0 Å². The van der Waals surface area contributed by atoms with E-state index in [1.807, 2.05) is 0 Å². The third kappa shape index (κ3) is 1.96. The molecule has 0 heteroatoms. The molecule has 0 aromatic heterocycles. The smallest absolute Gasteiger partial charge is 0.00132 e. The third-order valence-corrected chi connectivity index (χ3v) is 5.93. The van der Waals surface area contributed by atoms with Crippen LogP contribution in [0.15, 0.2) is 84.9 Å². The summed E-state index contributed by atoms with van der Waals surface area (Å²) in [4.78, 5) is 0. The summed E-state index contributed by atoms with van der Waals surface area (Å²) in [6.45, 7) is 0. The van der Waals surface area contributed by atoms with Crippen LogP contribution in [-0.2, 0) is 12.8 Å². The molecule has 0 radical (unpaired) electrons. The summed E-state index contributed by atoms with van der Waals surface area (Å²) in [6, 6.07) is 31.5. The maximum Gasteiger partial charge on any atom is -0.00132 e. The number of fused-ring (bicyclic) bond motifs is 6. The van der Waals surface area contributed by atoms with Crippen molar-refractivity contribution >= 4 is 0 Å². The number of benzene rings is 4. The van der Waals surface area contributed by atoms with Crippen molar-refractivity contribution < 1.29 is 0 Å². The maximum absolute atomic E-state index is 2.39. The monoisotopic (exact) mass is 330 g/mol. The summed E-state index contributed by atoms with van der Waals surface area (Å²) < 4.78 is 0. The van der Waals surface area contributed by atoms with Gasteiger partial charge in [-0.15, -0.1) is 0 Å². The van der Waals surface area contributed by atoms with Gasteiger partial charge in [-0.2, -0.15) is 0 Å². The van der Waals surface area contributed by atoms with E-state index >= 15 is 0 Å². The van der Waals surface area contributed by atoms with E-state index in [0.717, 1.165) is 12.8 Å². The standard InChI is InChI=1S/C26H18/c1-3-7-23-20(6-1)15-22-13-17(11-12-25(22)23)18-9-10-21-14-19-5-2-4-8-24(19)26(21)16-18/h1-13,16H,14-15H2. The van der Waals surface area contributed by atoms with Crippen molar-refractivity contribution in [2.45, 2.75) is 12.8 Å². The summed E-state index contributed by atoms with van der Waals surface area (Å²) in [6.07, 6.45) is 2.11. The number of rotatable bonds is 1. The molecule has 0 N–H and O–H groups in total. The van der Waals surface area contributed by atoms with Crippen molar-refractivity contribution in [3.63, 3.8) is 0 Å². The Morgan fingerprint density at radius 2 is 0.923 bits per heavy atom. The Kier molecular flexibility index (Phi) is 2.81. The molecule has 0 heterocycles. The molecule has 2 aliphatic carbocycles. The molecule has 0 spiro atoms. The molecule has 4 aromatic rings. The van der Waals surface area contributed by atoms with Crippen molar-refractivity contribution in [2.75, 3.05) is 0 Å². The molecular formula is C26H18. The Balaban J connectivity index is 1.46. The lowest BCUT2D eigenvalue weighted by Gasteiger charge is -2.09. The Hall–Kier alpha value is -3.12. The molecule has 0 bridgehead atoms. The van der Waals surface area contributed by atoms with Gasteiger partial charge in [0.1, 0.15) is 0 Å². The van der Waals surface area contributed by atoms with Crippen LogP contribution in [0.2, 0.25) is 0 Å². The van der Waals surface area contributed by atoms with E-state index in [4.69, 9.17) is 0 Å². The van der Waals surface area contributed by atoms with Crippen LogP contribution >= 0.6 is 0 Å². The van der Waals surface area contributed by atoms with Crippen LogP contribution in [0.1, 0.15) is 22.3 Å². The first-order valence-corrected chi connectivity index (χ1v) is 9.29. The molecule has 0 atom stereocenters. The van der Waals surface area contributed by atoms with E-state index in [9.17, 15) is 0 Å². The second-order valence-electron chi connectivity index (χ2n) is 7.41. The van der Waals surface area contributed by atoms with E-state index in [2.05, 4.69) is 84.9 Å². The maximum atomic E-state index is 2.39. The van der Waals surface area contributed by atoms with Gasteiger partial charge in [-0.25, -0.2) is 0 Å². The topological polar surface area (TPSA) is 0 Å². The summed E-state index contributed by atoms with van der Waals surface area (Å²) in [7, 11) is 0. The molecule has 2 aliphatic rings. The highest BCUT2D eigenvalue weighted by molar-refractivity contribution is 5.84. The first-order chi connectivity index (χ1) is 12.9. The lowest BCUT2D eigenvalue weighted by atomic mass is 9.96. The predicted octanol–water partition coefficient (Wildman–Crippen LogP) is 6.50. The average molecular weight is 330 g/mol. The van der Waals surface area contributed by atoms with Crippen LogP contribution in [0.5, 0.6) is 0 Å². The zero-order valence-electron chi connectivity index (χ0n) is 14.5. The van der Waals surface area contributed by atoms with Gasteiger partial charge in [0, 0.05) is 0 Å². The lowest BCUT2D eigenvalue weighted by Crippen LogP contribution is -1.86. The van der Waals surface area contributed by atoms with Crippen molar-refractivity contribution in [1.29, 1.82) is 0 Å². The highest BCUT2D eigenvalue weighted by Gasteiger charge is 2.20. The second kappa shape index (κ2) is 5.19. The highest BCUT2D eigenvalue weighted by atomic mass is 14.2. The van der Waals surface area contributed by atoms with Crippen LogP contribution in [0.25, 0.3) is 33.4 Å². The van der Waals surface area contributed by atoms with Gasteiger partial charge in [0.05, 0.1) is 0 Å². The molecule has 0 unspecified atom stereocenters. The highest BCUT2D eigenvalue weighted by Crippen LogP contribution is 2.41. The van der Waals surface area contributed by atoms with Crippen LogP contribution in [0, 0.1) is 0 Å². The largest absolute Gasteiger partial charge is 0.0619 e. The Morgan fingerprint density at radius 1 is 0.385 bits per heavy atom. The molecule has 26 heavy (non-hydrogen) atoms. The fraction of sp³-hybridized carbons (Fsp3) is 0.0769. The van der Waals surface area contributed by atoms with Gasteiger partial charge in [0.25, 0.3) is 0 Å². The molecular weight excluding hydrogens is 312 g/mol. The summed E-state index contributed by atoms with van der Waals surface area (Å²) in [5.74, 6) is 0. The minimum absolute atomic E-state index is 1.05. The van der Waals surface area contributed by atoms with E-state index in [1.165, 1.54) is 55.6 Å². The normalized spacial score (nSPS) is 13.1. The second-order valence-corrected chi connectivity index (χ2v) is 7.41. The first kappa shape index (κ1) is 14.1. The van der Waals surface area contributed by atoms with Gasteiger partial charge in [-0.3, -0.25) is 0 Å². The molecule has 0 aliphatic heterocycles. The predicted molar refractivity (Wildman–Crippen MR) is 108 cm³/mol. The molecule has 0 saturated heterocycles. The van der Waals surface area contributed by atoms with Crippen LogP contribution < -0.4 is 0 Å². The van der Waals surface area contributed by atoms with Crippen molar-refractivity contribution in [2.24, 2.45) is 0 Å². The van der Waals surface area contributed by atoms with Crippen LogP contribution in [-0.4, -0.2) is 0 Å². The van der Waals surface area contributed by atoms with E-state index < -0.39 is 0 Å². The summed E-state index contributed by atoms with van der Waals surface area (Å²) >= 11 is 0. The SMILES string of the molecule is c1ccc2c(c1)Cc1cc(-c3ccc4c(c3)-c3ccccc3C4)ccc1-2. The third-order valence-electron chi connectivity index (χ3n) is 5.93. The molecule has 6 rings (SSSR count). The molecule has 0 fully saturated rings. The van der Waals surface area contributed by atoms with Gasteiger partial charge in [0.2, 0.25) is 0 Å². The molecule has 0 nitrogen and oxygen atoms in total. The Morgan fingerprint density at radius 3 is 1.73 bits per heavy atom. The number of hydrogen-bond donors (Lipinski definition) is 0. The van der Waals surface area contributed by atoms with Gasteiger partial charge in [0.15, 0.2) is 0 Å². The molecule has 0 amide bonds. The van der Waals surface area contributed by atoms with Crippen LogP contribution in [0.3, 0.4) is 0 Å². The van der Waals surface area contributed by atoms with Gasteiger partial charge in [-0.1, -0.05) is 78.9 Å². The summed E-state index contributed by atoms with van der Waals surface area (Å²) in [5, 5.41) is 0. The minimum atomic E-state index is 1.05. The fourth-order valence-electron chi connectivity index (χ4n) is 4.63. The average Bonchev–Trinajstić information content (AvgIpc) is 3.25. The zero-order chi connectivity index (χ0) is 17.1. The lowest BCUT2D eigenvalue weighted by molar-refractivity contribution is 1.26. The van der Waals surface area contributed by atoms with Crippen LogP contribution in [0.4, 0.5) is 0 Å². The van der Waals surface area contributed by atoms with Crippen molar-refractivity contribution in [1.82, 2.24) is 0 Å². The zero-order valence-corrected chi connectivity index (χ0v) is 14.5. The Bertz CT molecular complexity index is 1180. The Labute approximate surface area is 153 Å². The van der Waals surface area contributed by atoms with Crippen molar-refractivity contribution in [3.8, 4) is 33.4 Å².